The second kappa shape index (κ2) is 7.02. The maximum Gasteiger partial charge on any atom is 0.414 e. The summed E-state index contributed by atoms with van der Waals surface area (Å²) < 4.78 is 15.7. The number of hydrogen-bond acceptors (Lipinski definition) is 5. The number of anilines is 1. The Bertz CT molecular complexity index is 561. The van der Waals surface area contributed by atoms with Crippen LogP contribution in [0.1, 0.15) is 13.3 Å². The molecule has 1 aliphatic heterocycles. The highest BCUT2D eigenvalue weighted by Gasteiger charge is 2.32. The molecule has 22 heavy (non-hydrogen) atoms. The van der Waals surface area contributed by atoms with Crippen molar-refractivity contribution in [3.63, 3.8) is 0 Å². The number of nitrogens with zero attached hydrogens (tertiary/aromatic N) is 1. The number of hydrogen-bond donors (Lipinski definition) is 1. The highest BCUT2D eigenvalue weighted by Crippen LogP contribution is 2.33. The molecule has 1 aromatic rings. The van der Waals surface area contributed by atoms with Gasteiger partial charge in [-0.2, -0.15) is 0 Å². The number of carbonyl (C=O) groups excluding carboxylic acids is 2. The lowest BCUT2D eigenvalue weighted by Crippen LogP contribution is -2.34. The van der Waals surface area contributed by atoms with E-state index in [1.54, 1.807) is 32.2 Å². The van der Waals surface area contributed by atoms with Gasteiger partial charge >= 0.3 is 6.09 Å². The van der Waals surface area contributed by atoms with Crippen molar-refractivity contribution in [2.45, 2.75) is 19.4 Å². The van der Waals surface area contributed by atoms with Gasteiger partial charge in [-0.25, -0.2) is 4.79 Å². The lowest BCUT2D eigenvalue weighted by atomic mass is 10.2. The van der Waals surface area contributed by atoms with Crippen LogP contribution in [0.25, 0.3) is 0 Å². The van der Waals surface area contributed by atoms with Gasteiger partial charge in [0.05, 0.1) is 33.0 Å². The number of benzene rings is 1. The van der Waals surface area contributed by atoms with Crippen LogP contribution in [-0.2, 0) is 9.53 Å². The SMILES string of the molecule is CCC(=O)NCC1CN(c2ccc(OC)c(OC)c2)C(=O)O1. The average Bonchev–Trinajstić information content (AvgIpc) is 2.92. The molecule has 1 N–H and O–H groups in total. The first-order chi connectivity index (χ1) is 10.6. The fourth-order valence-corrected chi connectivity index (χ4v) is 2.18. The van der Waals surface area contributed by atoms with E-state index in [1.165, 1.54) is 12.0 Å². The van der Waals surface area contributed by atoms with E-state index in [4.69, 9.17) is 14.2 Å². The Kier molecular flexibility index (Phi) is 5.08. The first kappa shape index (κ1) is 15.9. The molecule has 120 valence electrons. The van der Waals surface area contributed by atoms with E-state index >= 15 is 0 Å². The number of carbonyl (C=O) groups is 2. The molecule has 0 bridgehead atoms. The maximum absolute atomic E-state index is 12.0. The summed E-state index contributed by atoms with van der Waals surface area (Å²) in [6.07, 6.45) is -0.404. The highest BCUT2D eigenvalue weighted by molar-refractivity contribution is 5.90. The number of rotatable bonds is 6. The van der Waals surface area contributed by atoms with Crippen molar-refractivity contribution in [2.24, 2.45) is 0 Å². The van der Waals surface area contributed by atoms with Gasteiger partial charge in [-0.15, -0.1) is 0 Å². The van der Waals surface area contributed by atoms with Crippen molar-refractivity contribution in [2.75, 3.05) is 32.2 Å². The van der Waals surface area contributed by atoms with Crippen LogP contribution in [0.4, 0.5) is 10.5 Å². The van der Waals surface area contributed by atoms with Crippen LogP contribution in [0.15, 0.2) is 18.2 Å². The second-order valence-corrected chi connectivity index (χ2v) is 4.81. The molecule has 1 saturated heterocycles. The standard InChI is InChI=1S/C15H20N2O5/c1-4-14(18)16-8-11-9-17(15(19)22-11)10-5-6-12(20-2)13(7-10)21-3/h5-7,11H,4,8-9H2,1-3H3,(H,16,18). The Labute approximate surface area is 129 Å². The van der Waals surface area contributed by atoms with E-state index in [2.05, 4.69) is 5.32 Å². The molecule has 0 radical (unpaired) electrons. The predicted octanol–water partition coefficient (Wildman–Crippen LogP) is 1.56. The Morgan fingerprint density at radius 1 is 1.36 bits per heavy atom. The quantitative estimate of drug-likeness (QED) is 0.863. The minimum absolute atomic E-state index is 0.0689. The minimum atomic E-state index is -0.442. The third-order valence-corrected chi connectivity index (χ3v) is 3.40. The molecule has 7 heteroatoms. The van der Waals surface area contributed by atoms with Gasteiger partial charge in [-0.05, 0) is 12.1 Å². The summed E-state index contributed by atoms with van der Waals surface area (Å²) in [6.45, 7) is 2.45. The molecule has 1 aromatic carbocycles. The summed E-state index contributed by atoms with van der Waals surface area (Å²) in [7, 11) is 3.08. The second-order valence-electron chi connectivity index (χ2n) is 4.81. The molecule has 1 fully saturated rings. The van der Waals surface area contributed by atoms with E-state index in [0.29, 0.717) is 36.7 Å². The third-order valence-electron chi connectivity index (χ3n) is 3.40. The van der Waals surface area contributed by atoms with Crippen molar-refractivity contribution >= 4 is 17.7 Å². The lowest BCUT2D eigenvalue weighted by Gasteiger charge is -2.15. The summed E-state index contributed by atoms with van der Waals surface area (Å²) in [5.41, 5.74) is 0.659. The zero-order valence-corrected chi connectivity index (χ0v) is 12.9. The van der Waals surface area contributed by atoms with Gasteiger partial charge in [-0.3, -0.25) is 9.69 Å². The minimum Gasteiger partial charge on any atom is -0.493 e. The average molecular weight is 308 g/mol. The van der Waals surface area contributed by atoms with Crippen molar-refractivity contribution in [1.82, 2.24) is 5.32 Å². The van der Waals surface area contributed by atoms with Gasteiger partial charge in [0, 0.05) is 12.5 Å². The maximum atomic E-state index is 12.0. The Morgan fingerprint density at radius 2 is 2.09 bits per heavy atom. The number of methoxy groups -OCH3 is 2. The highest BCUT2D eigenvalue weighted by atomic mass is 16.6. The van der Waals surface area contributed by atoms with Crippen molar-refractivity contribution in [3.8, 4) is 11.5 Å². The molecule has 0 spiro atoms. The summed E-state index contributed by atoms with van der Waals surface area (Å²) in [5.74, 6) is 1.06. The van der Waals surface area contributed by atoms with Crippen molar-refractivity contribution in [1.29, 1.82) is 0 Å². The third kappa shape index (κ3) is 3.41. The van der Waals surface area contributed by atoms with Crippen LogP contribution in [0.3, 0.4) is 0 Å². The first-order valence-corrected chi connectivity index (χ1v) is 7.06. The van der Waals surface area contributed by atoms with Crippen molar-refractivity contribution < 1.29 is 23.8 Å². The fraction of sp³-hybridized carbons (Fsp3) is 0.467. The zero-order chi connectivity index (χ0) is 16.1. The molecule has 1 aliphatic rings. The molecular weight excluding hydrogens is 288 g/mol. The molecule has 1 heterocycles. The molecule has 2 amide bonds. The van der Waals surface area contributed by atoms with Crippen LogP contribution in [0.2, 0.25) is 0 Å². The molecule has 2 rings (SSSR count). The first-order valence-electron chi connectivity index (χ1n) is 7.06. The number of amides is 2. The monoisotopic (exact) mass is 308 g/mol. The number of ether oxygens (including phenoxy) is 3. The van der Waals surface area contributed by atoms with Gasteiger partial charge in [0.2, 0.25) is 5.91 Å². The largest absolute Gasteiger partial charge is 0.493 e. The molecule has 1 atom stereocenters. The summed E-state index contributed by atoms with van der Waals surface area (Å²) in [4.78, 5) is 24.7. The predicted molar refractivity (Wildman–Crippen MR) is 80.5 cm³/mol. The van der Waals surface area contributed by atoms with Gasteiger partial charge in [-0.1, -0.05) is 6.92 Å². The van der Waals surface area contributed by atoms with Gasteiger partial charge in [0.25, 0.3) is 0 Å². The van der Waals surface area contributed by atoms with Gasteiger partial charge in [0.15, 0.2) is 11.5 Å². The van der Waals surface area contributed by atoms with Crippen molar-refractivity contribution in [3.05, 3.63) is 18.2 Å². The summed E-state index contributed by atoms with van der Waals surface area (Å²) in [6, 6.07) is 5.20. The molecular formula is C15H20N2O5. The fourth-order valence-electron chi connectivity index (χ4n) is 2.18. The number of nitrogens with one attached hydrogen (secondary N) is 1. The van der Waals surface area contributed by atoms with Crippen LogP contribution in [0, 0.1) is 0 Å². The van der Waals surface area contributed by atoms with Crippen LogP contribution < -0.4 is 19.7 Å². The molecule has 1 unspecified atom stereocenters. The Hall–Kier alpha value is -2.44. The van der Waals surface area contributed by atoms with Crippen LogP contribution in [-0.4, -0.2) is 45.4 Å². The summed E-state index contributed by atoms with van der Waals surface area (Å²) >= 11 is 0. The van der Waals surface area contributed by atoms with Crippen LogP contribution >= 0.6 is 0 Å². The Balaban J connectivity index is 2.06. The van der Waals surface area contributed by atoms with Gasteiger partial charge < -0.3 is 19.5 Å². The molecule has 7 nitrogen and oxygen atoms in total. The zero-order valence-electron chi connectivity index (χ0n) is 12.9. The van der Waals surface area contributed by atoms with Crippen LogP contribution in [0.5, 0.6) is 11.5 Å². The van der Waals surface area contributed by atoms with E-state index in [-0.39, 0.29) is 12.0 Å². The molecule has 0 aliphatic carbocycles. The smallest absolute Gasteiger partial charge is 0.414 e. The topological polar surface area (TPSA) is 77.1 Å². The normalized spacial score (nSPS) is 17.1. The lowest BCUT2D eigenvalue weighted by molar-refractivity contribution is -0.121. The number of cyclic esters (lactones) is 1. The molecule has 0 saturated carbocycles. The van der Waals surface area contributed by atoms with E-state index < -0.39 is 6.09 Å². The van der Waals surface area contributed by atoms with Gasteiger partial charge in [0.1, 0.15) is 6.10 Å². The van der Waals surface area contributed by atoms with E-state index in [0.717, 1.165) is 0 Å². The Morgan fingerprint density at radius 3 is 2.73 bits per heavy atom. The summed E-state index contributed by atoms with van der Waals surface area (Å²) in [5, 5.41) is 2.72. The molecule has 0 aromatic heterocycles. The van der Waals surface area contributed by atoms with E-state index in [1.807, 2.05) is 0 Å². The van der Waals surface area contributed by atoms with E-state index in [9.17, 15) is 9.59 Å².